The van der Waals surface area contributed by atoms with Crippen LogP contribution in [0.3, 0.4) is 0 Å². The lowest BCUT2D eigenvalue weighted by molar-refractivity contribution is 0.112. The van der Waals surface area contributed by atoms with Gasteiger partial charge in [0.25, 0.3) is 0 Å². The number of methoxy groups -OCH3 is 1. The van der Waals surface area contributed by atoms with Gasteiger partial charge in [0.05, 0.1) is 5.02 Å². The summed E-state index contributed by atoms with van der Waals surface area (Å²) < 4.78 is 4.95. The Hall–Kier alpha value is -0.510. The molecule has 0 radical (unpaired) electrons. The third-order valence-electron chi connectivity index (χ3n) is 1.88. The number of benzene rings is 1. The smallest absolute Gasteiger partial charge is 0.152 e. The summed E-state index contributed by atoms with van der Waals surface area (Å²) in [6.07, 6.45) is 1.77. The van der Waals surface area contributed by atoms with Crippen LogP contribution in [0.2, 0.25) is 5.02 Å². The van der Waals surface area contributed by atoms with Gasteiger partial charge in [0.15, 0.2) is 6.29 Å². The van der Waals surface area contributed by atoms with E-state index in [1.165, 1.54) is 0 Å². The fourth-order valence-corrected chi connectivity index (χ4v) is 2.39. The van der Waals surface area contributed by atoms with E-state index in [0.717, 1.165) is 30.0 Å². The Kier molecular flexibility index (Phi) is 5.76. The normalized spacial score (nSPS) is 10.3. The lowest BCUT2D eigenvalue weighted by atomic mass is 10.2. The van der Waals surface area contributed by atoms with Gasteiger partial charge in [-0.15, -0.1) is 11.8 Å². The molecular weight excluding hydrogens is 232 g/mol. The highest BCUT2D eigenvalue weighted by molar-refractivity contribution is 7.99. The average molecular weight is 245 g/mol. The molecule has 4 heteroatoms. The molecular formula is C11H13ClO2S. The van der Waals surface area contributed by atoms with Gasteiger partial charge < -0.3 is 4.74 Å². The Morgan fingerprint density at radius 3 is 3.00 bits per heavy atom. The van der Waals surface area contributed by atoms with Gasteiger partial charge in [-0.1, -0.05) is 17.7 Å². The molecule has 0 spiro atoms. The van der Waals surface area contributed by atoms with Gasteiger partial charge in [0, 0.05) is 29.9 Å². The monoisotopic (exact) mass is 244 g/mol. The first-order valence-corrected chi connectivity index (χ1v) is 6.01. The van der Waals surface area contributed by atoms with E-state index < -0.39 is 0 Å². The Balaban J connectivity index is 2.60. The SMILES string of the molecule is COCCCSc1cccc(Cl)c1C=O. The number of ether oxygens (including phenoxy) is 1. The molecule has 0 saturated carbocycles. The first-order valence-electron chi connectivity index (χ1n) is 4.65. The van der Waals surface area contributed by atoms with Crippen molar-refractivity contribution in [1.29, 1.82) is 0 Å². The van der Waals surface area contributed by atoms with E-state index in [4.69, 9.17) is 16.3 Å². The summed E-state index contributed by atoms with van der Waals surface area (Å²) in [6, 6.07) is 5.49. The van der Waals surface area contributed by atoms with E-state index in [1.54, 1.807) is 24.9 Å². The molecule has 0 bridgehead atoms. The molecule has 0 N–H and O–H groups in total. The largest absolute Gasteiger partial charge is 0.385 e. The Bertz CT molecular complexity index is 328. The summed E-state index contributed by atoms with van der Waals surface area (Å²) in [7, 11) is 1.68. The maximum Gasteiger partial charge on any atom is 0.152 e. The molecule has 0 aliphatic carbocycles. The number of hydrogen-bond acceptors (Lipinski definition) is 3. The van der Waals surface area contributed by atoms with Gasteiger partial charge >= 0.3 is 0 Å². The zero-order valence-electron chi connectivity index (χ0n) is 8.53. The molecule has 15 heavy (non-hydrogen) atoms. The number of hydrogen-bond donors (Lipinski definition) is 0. The quantitative estimate of drug-likeness (QED) is 0.436. The van der Waals surface area contributed by atoms with Crippen molar-refractivity contribution >= 4 is 29.6 Å². The van der Waals surface area contributed by atoms with Crippen molar-refractivity contribution < 1.29 is 9.53 Å². The lowest BCUT2D eigenvalue weighted by Crippen LogP contribution is -1.92. The number of thioether (sulfide) groups is 1. The molecule has 82 valence electrons. The molecule has 2 nitrogen and oxygen atoms in total. The van der Waals surface area contributed by atoms with Crippen molar-refractivity contribution in [2.75, 3.05) is 19.5 Å². The summed E-state index contributed by atoms with van der Waals surface area (Å²) in [6.45, 7) is 0.740. The van der Waals surface area contributed by atoms with Crippen molar-refractivity contribution in [3.63, 3.8) is 0 Å². The van der Waals surface area contributed by atoms with Crippen molar-refractivity contribution in [2.24, 2.45) is 0 Å². The zero-order valence-corrected chi connectivity index (χ0v) is 10.1. The highest BCUT2D eigenvalue weighted by Crippen LogP contribution is 2.27. The summed E-state index contributed by atoms with van der Waals surface area (Å²) in [4.78, 5) is 11.8. The van der Waals surface area contributed by atoms with Crippen LogP contribution in [0.4, 0.5) is 0 Å². The van der Waals surface area contributed by atoms with Crippen molar-refractivity contribution in [1.82, 2.24) is 0 Å². The van der Waals surface area contributed by atoms with E-state index >= 15 is 0 Å². The molecule has 0 heterocycles. The van der Waals surface area contributed by atoms with E-state index in [-0.39, 0.29) is 0 Å². The fourth-order valence-electron chi connectivity index (χ4n) is 1.14. The molecule has 1 rings (SSSR count). The van der Waals surface area contributed by atoms with Gasteiger partial charge in [-0.05, 0) is 18.6 Å². The van der Waals surface area contributed by atoms with Crippen LogP contribution < -0.4 is 0 Å². The number of aldehydes is 1. The molecule has 0 aliphatic heterocycles. The number of rotatable bonds is 6. The third kappa shape index (κ3) is 3.86. The van der Waals surface area contributed by atoms with Crippen LogP contribution >= 0.6 is 23.4 Å². The predicted molar refractivity (Wildman–Crippen MR) is 64.1 cm³/mol. The topological polar surface area (TPSA) is 26.3 Å². The van der Waals surface area contributed by atoms with E-state index in [1.807, 2.05) is 12.1 Å². The van der Waals surface area contributed by atoms with Gasteiger partial charge in [0.1, 0.15) is 0 Å². The predicted octanol–water partition coefficient (Wildman–Crippen LogP) is 3.28. The van der Waals surface area contributed by atoms with Crippen LogP contribution in [-0.4, -0.2) is 25.8 Å². The van der Waals surface area contributed by atoms with Crippen LogP contribution in [0, 0.1) is 0 Å². The number of carbonyl (C=O) groups is 1. The highest BCUT2D eigenvalue weighted by Gasteiger charge is 2.05. The third-order valence-corrected chi connectivity index (χ3v) is 3.37. The fraction of sp³-hybridized carbons (Fsp3) is 0.364. The van der Waals surface area contributed by atoms with Gasteiger partial charge in [-0.3, -0.25) is 4.79 Å². The molecule has 0 amide bonds. The first kappa shape index (κ1) is 12.6. The lowest BCUT2D eigenvalue weighted by Gasteiger charge is -2.05. The molecule has 0 aliphatic rings. The second-order valence-corrected chi connectivity index (χ2v) is 4.51. The van der Waals surface area contributed by atoms with Crippen molar-refractivity contribution in [3.05, 3.63) is 28.8 Å². The molecule has 0 atom stereocenters. The second kappa shape index (κ2) is 6.88. The standard InChI is InChI=1S/C11H13ClO2S/c1-14-6-3-7-15-11-5-2-4-10(12)9(11)8-13/h2,4-5,8H,3,6-7H2,1H3. The Labute approximate surface area is 99.0 Å². The molecule has 1 aromatic rings. The van der Waals surface area contributed by atoms with Crippen LogP contribution in [0.1, 0.15) is 16.8 Å². The number of halogens is 1. The van der Waals surface area contributed by atoms with Crippen molar-refractivity contribution in [2.45, 2.75) is 11.3 Å². The summed E-state index contributed by atoms with van der Waals surface area (Å²) >= 11 is 7.53. The second-order valence-electron chi connectivity index (χ2n) is 2.96. The average Bonchev–Trinajstić information content (AvgIpc) is 2.24. The molecule has 0 aromatic heterocycles. The zero-order chi connectivity index (χ0) is 11.1. The maximum atomic E-state index is 10.8. The van der Waals surface area contributed by atoms with E-state index in [2.05, 4.69) is 0 Å². The highest BCUT2D eigenvalue weighted by atomic mass is 35.5. The molecule has 0 unspecified atom stereocenters. The summed E-state index contributed by atoms with van der Waals surface area (Å²) in [5, 5.41) is 0.516. The van der Waals surface area contributed by atoms with Gasteiger partial charge in [0.2, 0.25) is 0 Å². The molecule has 0 saturated heterocycles. The Morgan fingerprint density at radius 2 is 2.33 bits per heavy atom. The van der Waals surface area contributed by atoms with Gasteiger partial charge in [-0.2, -0.15) is 0 Å². The van der Waals surface area contributed by atoms with Crippen LogP contribution in [-0.2, 0) is 4.74 Å². The molecule has 0 fully saturated rings. The number of carbonyl (C=O) groups excluding carboxylic acids is 1. The minimum absolute atomic E-state index is 0.516. The summed E-state index contributed by atoms with van der Waals surface area (Å²) in [5.41, 5.74) is 0.585. The van der Waals surface area contributed by atoms with Crippen LogP contribution in [0.5, 0.6) is 0 Å². The first-order chi connectivity index (χ1) is 7.29. The Morgan fingerprint density at radius 1 is 1.53 bits per heavy atom. The molecule has 1 aromatic carbocycles. The van der Waals surface area contributed by atoms with Crippen LogP contribution in [0.25, 0.3) is 0 Å². The maximum absolute atomic E-state index is 10.8. The summed E-state index contributed by atoms with van der Waals surface area (Å²) in [5.74, 6) is 0.926. The van der Waals surface area contributed by atoms with Crippen molar-refractivity contribution in [3.8, 4) is 0 Å². The minimum atomic E-state index is 0.516. The minimum Gasteiger partial charge on any atom is -0.385 e. The van der Waals surface area contributed by atoms with E-state index in [0.29, 0.717) is 10.6 Å². The van der Waals surface area contributed by atoms with Gasteiger partial charge in [-0.25, -0.2) is 0 Å². The van der Waals surface area contributed by atoms with E-state index in [9.17, 15) is 4.79 Å². The van der Waals surface area contributed by atoms with Crippen LogP contribution in [0.15, 0.2) is 23.1 Å².